The van der Waals surface area contributed by atoms with Crippen LogP contribution in [0.3, 0.4) is 0 Å². The molecule has 2 aromatic rings. The number of nitrogens with zero attached hydrogens (tertiary/aromatic N) is 5. The van der Waals surface area contributed by atoms with Crippen molar-refractivity contribution in [2.45, 2.75) is 38.6 Å². The van der Waals surface area contributed by atoms with Gasteiger partial charge in [-0.05, 0) is 25.0 Å². The highest BCUT2D eigenvalue weighted by Gasteiger charge is 2.27. The Bertz CT molecular complexity index is 643. The zero-order valence-electron chi connectivity index (χ0n) is 12.0. The Morgan fingerprint density at radius 1 is 1.33 bits per heavy atom. The third kappa shape index (κ3) is 2.87. The molecule has 3 rings (SSSR count). The molecule has 1 saturated heterocycles. The van der Waals surface area contributed by atoms with Gasteiger partial charge in [-0.2, -0.15) is 10.2 Å². The van der Waals surface area contributed by atoms with Crippen LogP contribution in [-0.2, 0) is 0 Å². The van der Waals surface area contributed by atoms with E-state index < -0.39 is 0 Å². The molecule has 0 radical (unpaired) electrons. The molecule has 0 spiro atoms. The van der Waals surface area contributed by atoms with E-state index in [-0.39, 0.29) is 6.04 Å². The lowest BCUT2D eigenvalue weighted by atomic mass is 10.1. The molecule has 1 aliphatic heterocycles. The molecule has 21 heavy (non-hydrogen) atoms. The zero-order chi connectivity index (χ0) is 14.7. The molecule has 1 fully saturated rings. The van der Waals surface area contributed by atoms with Gasteiger partial charge in [-0.3, -0.25) is 0 Å². The topological polar surface area (TPSA) is 78.8 Å². The van der Waals surface area contributed by atoms with Crippen molar-refractivity contribution in [3.63, 3.8) is 0 Å². The lowest BCUT2D eigenvalue weighted by molar-refractivity contribution is 0.380. The summed E-state index contributed by atoms with van der Waals surface area (Å²) < 4.78 is 5.13. The van der Waals surface area contributed by atoms with Gasteiger partial charge in [0.2, 0.25) is 5.89 Å². The highest BCUT2D eigenvalue weighted by molar-refractivity contribution is 5.43. The maximum atomic E-state index is 8.88. The largest absolute Gasteiger partial charge is 0.346 e. The fourth-order valence-electron chi connectivity index (χ4n) is 2.72. The smallest absolute Gasteiger partial charge is 0.223 e. The van der Waals surface area contributed by atoms with E-state index in [0.717, 1.165) is 37.4 Å². The Hall–Kier alpha value is -2.42. The van der Waals surface area contributed by atoms with Gasteiger partial charge in [-0.1, -0.05) is 18.0 Å². The van der Waals surface area contributed by atoms with E-state index in [2.05, 4.69) is 26.1 Å². The number of pyridine rings is 1. The van der Waals surface area contributed by atoms with Gasteiger partial charge in [0.05, 0.1) is 11.6 Å². The molecule has 3 heterocycles. The summed E-state index contributed by atoms with van der Waals surface area (Å²) >= 11 is 0. The summed E-state index contributed by atoms with van der Waals surface area (Å²) in [5.74, 6) is 2.17. The molecule has 0 bridgehead atoms. The molecule has 0 amide bonds. The highest BCUT2D eigenvalue weighted by atomic mass is 16.5. The number of aromatic nitrogens is 3. The highest BCUT2D eigenvalue weighted by Crippen LogP contribution is 2.31. The minimum Gasteiger partial charge on any atom is -0.346 e. The summed E-state index contributed by atoms with van der Waals surface area (Å²) in [7, 11) is 0. The van der Waals surface area contributed by atoms with Crippen molar-refractivity contribution in [2.75, 3.05) is 11.4 Å². The molecule has 0 aliphatic carbocycles. The fourth-order valence-corrected chi connectivity index (χ4v) is 2.72. The van der Waals surface area contributed by atoms with E-state index in [1.807, 2.05) is 6.07 Å². The van der Waals surface area contributed by atoms with Crippen LogP contribution in [0.25, 0.3) is 0 Å². The number of anilines is 1. The summed E-state index contributed by atoms with van der Waals surface area (Å²) in [6.45, 7) is 2.72. The van der Waals surface area contributed by atoms with Crippen LogP contribution in [-0.4, -0.2) is 21.7 Å². The Labute approximate surface area is 123 Å². The Morgan fingerprint density at radius 3 is 2.90 bits per heavy atom. The molecular weight excluding hydrogens is 266 g/mol. The van der Waals surface area contributed by atoms with Gasteiger partial charge in [0, 0.05) is 19.7 Å². The summed E-state index contributed by atoms with van der Waals surface area (Å²) in [4.78, 5) is 11.0. The van der Waals surface area contributed by atoms with E-state index >= 15 is 0 Å². The second kappa shape index (κ2) is 5.92. The predicted molar refractivity (Wildman–Crippen MR) is 76.5 cm³/mol. The first kappa shape index (κ1) is 13.6. The molecular formula is C15H17N5O. The van der Waals surface area contributed by atoms with Gasteiger partial charge in [0.25, 0.3) is 0 Å². The minimum atomic E-state index is 0.0883. The van der Waals surface area contributed by atoms with E-state index in [0.29, 0.717) is 11.5 Å². The minimum absolute atomic E-state index is 0.0883. The predicted octanol–water partition coefficient (Wildman–Crippen LogP) is 2.77. The lowest BCUT2D eigenvalue weighted by Gasteiger charge is -2.28. The molecule has 1 aliphatic rings. The Balaban J connectivity index is 1.92. The second-order valence-electron chi connectivity index (χ2n) is 5.25. The molecule has 0 aromatic carbocycles. The zero-order valence-corrected chi connectivity index (χ0v) is 12.0. The van der Waals surface area contributed by atoms with Crippen LogP contribution in [0.1, 0.15) is 49.0 Å². The fraction of sp³-hybridized carbons (Fsp3) is 0.467. The van der Waals surface area contributed by atoms with Crippen molar-refractivity contribution < 1.29 is 4.52 Å². The average molecular weight is 283 g/mol. The normalized spacial score (nSPS) is 19.0. The summed E-state index contributed by atoms with van der Waals surface area (Å²) in [5, 5.41) is 13.0. The third-order valence-corrected chi connectivity index (χ3v) is 3.77. The van der Waals surface area contributed by atoms with E-state index in [4.69, 9.17) is 9.78 Å². The van der Waals surface area contributed by atoms with E-state index in [9.17, 15) is 0 Å². The monoisotopic (exact) mass is 283 g/mol. The third-order valence-electron chi connectivity index (χ3n) is 3.77. The van der Waals surface area contributed by atoms with Crippen molar-refractivity contribution in [3.05, 3.63) is 35.6 Å². The van der Waals surface area contributed by atoms with Crippen LogP contribution in [0.2, 0.25) is 0 Å². The number of hydrogen-bond donors (Lipinski definition) is 0. The van der Waals surface area contributed by atoms with Crippen LogP contribution in [0.5, 0.6) is 0 Å². The molecule has 0 N–H and O–H groups in total. The maximum Gasteiger partial charge on any atom is 0.223 e. The lowest BCUT2D eigenvalue weighted by Crippen LogP contribution is -2.29. The van der Waals surface area contributed by atoms with Gasteiger partial charge >= 0.3 is 0 Å². The maximum absolute atomic E-state index is 8.88. The Morgan fingerprint density at radius 2 is 2.24 bits per heavy atom. The Kier molecular flexibility index (Phi) is 3.82. The van der Waals surface area contributed by atoms with Gasteiger partial charge < -0.3 is 9.42 Å². The molecule has 1 atom stereocenters. The van der Waals surface area contributed by atoms with Crippen molar-refractivity contribution in [1.29, 1.82) is 5.26 Å². The standard InChI is InChI=1S/C15H17N5O/c1-11-18-15(19-21-11)13-5-3-2-4-8-20(13)14-7-6-12(9-16)10-17-14/h6-7,10,13H,2-5,8H2,1H3. The van der Waals surface area contributed by atoms with Gasteiger partial charge in [-0.15, -0.1) is 0 Å². The number of aryl methyl sites for hydroxylation is 1. The SMILES string of the molecule is Cc1nc(C2CCCCCN2c2ccc(C#N)cn2)no1. The van der Waals surface area contributed by atoms with Crippen molar-refractivity contribution >= 4 is 5.82 Å². The van der Waals surface area contributed by atoms with Crippen LogP contribution < -0.4 is 4.90 Å². The summed E-state index contributed by atoms with van der Waals surface area (Å²) in [6.07, 6.45) is 6.06. The molecule has 108 valence electrons. The summed E-state index contributed by atoms with van der Waals surface area (Å²) in [6, 6.07) is 5.87. The average Bonchev–Trinajstić information content (AvgIpc) is 2.80. The van der Waals surface area contributed by atoms with Crippen LogP contribution >= 0.6 is 0 Å². The van der Waals surface area contributed by atoms with E-state index in [1.165, 1.54) is 6.42 Å². The summed E-state index contributed by atoms with van der Waals surface area (Å²) in [5.41, 5.74) is 0.570. The van der Waals surface area contributed by atoms with Crippen LogP contribution in [0.4, 0.5) is 5.82 Å². The first-order chi connectivity index (χ1) is 10.3. The van der Waals surface area contributed by atoms with Crippen LogP contribution in [0, 0.1) is 18.3 Å². The van der Waals surface area contributed by atoms with Crippen LogP contribution in [0.15, 0.2) is 22.9 Å². The van der Waals surface area contributed by atoms with Crippen molar-refractivity contribution in [1.82, 2.24) is 15.1 Å². The first-order valence-corrected chi connectivity index (χ1v) is 7.21. The number of nitriles is 1. The first-order valence-electron chi connectivity index (χ1n) is 7.21. The molecule has 6 heteroatoms. The molecule has 6 nitrogen and oxygen atoms in total. The van der Waals surface area contributed by atoms with Crippen molar-refractivity contribution in [3.8, 4) is 6.07 Å². The molecule has 0 saturated carbocycles. The van der Waals surface area contributed by atoms with Crippen molar-refractivity contribution in [2.24, 2.45) is 0 Å². The van der Waals surface area contributed by atoms with Gasteiger partial charge in [0.15, 0.2) is 5.82 Å². The number of hydrogen-bond acceptors (Lipinski definition) is 6. The molecule has 2 aromatic heterocycles. The quantitative estimate of drug-likeness (QED) is 0.843. The number of rotatable bonds is 2. The van der Waals surface area contributed by atoms with E-state index in [1.54, 1.807) is 19.2 Å². The second-order valence-corrected chi connectivity index (χ2v) is 5.25. The van der Waals surface area contributed by atoms with Gasteiger partial charge in [-0.25, -0.2) is 4.98 Å². The van der Waals surface area contributed by atoms with Gasteiger partial charge in [0.1, 0.15) is 11.9 Å². The molecule has 1 unspecified atom stereocenters.